The molecule has 0 bridgehead atoms. The number of anilines is 1. The van der Waals surface area contributed by atoms with Crippen LogP contribution in [-0.2, 0) is 16.0 Å². The van der Waals surface area contributed by atoms with Gasteiger partial charge < -0.3 is 15.0 Å². The van der Waals surface area contributed by atoms with Crippen molar-refractivity contribution in [2.45, 2.75) is 13.3 Å². The van der Waals surface area contributed by atoms with Gasteiger partial charge in [0, 0.05) is 24.2 Å². The van der Waals surface area contributed by atoms with Crippen molar-refractivity contribution < 1.29 is 14.3 Å². The number of halogens is 1. The van der Waals surface area contributed by atoms with E-state index in [0.717, 1.165) is 11.3 Å². The molecule has 0 unspecified atom stereocenters. The Hall–Kier alpha value is -2.53. The molecule has 0 radical (unpaired) electrons. The zero-order chi connectivity index (χ0) is 18.2. The van der Waals surface area contributed by atoms with Gasteiger partial charge in [-0.15, -0.1) is 0 Å². The van der Waals surface area contributed by atoms with E-state index >= 15 is 0 Å². The number of hydrogen-bond donors (Lipinski definition) is 1. The Kier molecular flexibility index (Phi) is 6.83. The molecule has 6 heteroatoms. The molecule has 132 valence electrons. The number of methoxy groups -OCH3 is 1. The van der Waals surface area contributed by atoms with Crippen molar-refractivity contribution in [1.29, 1.82) is 0 Å². The molecular formula is C19H21ClN2O3. The normalized spacial score (nSPS) is 10.2. The molecule has 2 aromatic carbocycles. The van der Waals surface area contributed by atoms with Gasteiger partial charge in [0.2, 0.25) is 11.8 Å². The molecule has 0 aliphatic carbocycles. The number of carbonyl (C=O) groups is 2. The Balaban J connectivity index is 1.93. The summed E-state index contributed by atoms with van der Waals surface area (Å²) in [6.45, 7) is 1.90. The molecule has 0 spiro atoms. The number of benzene rings is 2. The summed E-state index contributed by atoms with van der Waals surface area (Å²) in [7, 11) is 1.61. The first kappa shape index (κ1) is 18.8. The van der Waals surface area contributed by atoms with Crippen molar-refractivity contribution in [1.82, 2.24) is 4.90 Å². The lowest BCUT2D eigenvalue weighted by Gasteiger charge is -2.20. The fourth-order valence-electron chi connectivity index (χ4n) is 2.38. The van der Waals surface area contributed by atoms with Crippen LogP contribution in [0.3, 0.4) is 0 Å². The topological polar surface area (TPSA) is 58.6 Å². The van der Waals surface area contributed by atoms with Gasteiger partial charge in [-0.25, -0.2) is 0 Å². The fourth-order valence-corrected chi connectivity index (χ4v) is 2.57. The first-order chi connectivity index (χ1) is 12.0. The maximum absolute atomic E-state index is 12.2. The van der Waals surface area contributed by atoms with Crippen molar-refractivity contribution in [2.75, 3.05) is 25.5 Å². The summed E-state index contributed by atoms with van der Waals surface area (Å²) in [5, 5.41) is 3.29. The standard InChI is InChI=1S/C19H21ClN2O3/c1-14(23)22(10-9-15-5-3-8-18(11-15)25-2)13-19(24)21-17-7-4-6-16(20)12-17/h3-8,11-12H,9-10,13H2,1-2H3,(H,21,24). The average molecular weight is 361 g/mol. The van der Waals surface area contributed by atoms with E-state index in [1.807, 2.05) is 24.3 Å². The summed E-state index contributed by atoms with van der Waals surface area (Å²) in [6.07, 6.45) is 0.640. The molecule has 0 aromatic heterocycles. The molecule has 0 aliphatic rings. The zero-order valence-corrected chi connectivity index (χ0v) is 15.0. The van der Waals surface area contributed by atoms with Gasteiger partial charge in [-0.2, -0.15) is 0 Å². The van der Waals surface area contributed by atoms with Gasteiger partial charge in [-0.05, 0) is 42.3 Å². The Labute approximate surface area is 152 Å². The Bertz CT molecular complexity index is 749. The first-order valence-electron chi connectivity index (χ1n) is 7.92. The summed E-state index contributed by atoms with van der Waals surface area (Å²) >= 11 is 5.90. The number of ether oxygens (including phenoxy) is 1. The van der Waals surface area contributed by atoms with Crippen molar-refractivity contribution in [2.24, 2.45) is 0 Å². The highest BCUT2D eigenvalue weighted by Gasteiger charge is 2.14. The van der Waals surface area contributed by atoms with Crippen molar-refractivity contribution >= 4 is 29.1 Å². The van der Waals surface area contributed by atoms with Crippen molar-refractivity contribution in [3.05, 3.63) is 59.1 Å². The fraction of sp³-hybridized carbons (Fsp3) is 0.263. The molecule has 0 saturated carbocycles. The molecule has 5 nitrogen and oxygen atoms in total. The smallest absolute Gasteiger partial charge is 0.243 e. The number of nitrogens with one attached hydrogen (secondary N) is 1. The number of carbonyl (C=O) groups excluding carboxylic acids is 2. The van der Waals surface area contributed by atoms with Gasteiger partial charge in [0.15, 0.2) is 0 Å². The van der Waals surface area contributed by atoms with Crippen LogP contribution in [0.4, 0.5) is 5.69 Å². The van der Waals surface area contributed by atoms with Gasteiger partial charge in [-0.3, -0.25) is 9.59 Å². The molecule has 0 heterocycles. The zero-order valence-electron chi connectivity index (χ0n) is 14.3. The van der Waals surface area contributed by atoms with Gasteiger partial charge in [0.1, 0.15) is 5.75 Å². The quantitative estimate of drug-likeness (QED) is 0.823. The van der Waals surface area contributed by atoms with E-state index in [2.05, 4.69) is 5.32 Å². The second-order valence-corrected chi connectivity index (χ2v) is 6.04. The molecule has 25 heavy (non-hydrogen) atoms. The molecular weight excluding hydrogens is 340 g/mol. The third-order valence-corrected chi connectivity index (χ3v) is 3.93. The van der Waals surface area contributed by atoms with Gasteiger partial charge in [-0.1, -0.05) is 29.8 Å². The molecule has 2 rings (SSSR count). The van der Waals surface area contributed by atoms with E-state index in [0.29, 0.717) is 23.7 Å². The van der Waals surface area contributed by atoms with Crippen LogP contribution in [0.5, 0.6) is 5.75 Å². The van der Waals surface area contributed by atoms with Crippen LogP contribution >= 0.6 is 11.6 Å². The average Bonchev–Trinajstić information content (AvgIpc) is 2.58. The van der Waals surface area contributed by atoms with Gasteiger partial charge in [0.05, 0.1) is 13.7 Å². The van der Waals surface area contributed by atoms with Crippen LogP contribution in [0.2, 0.25) is 5.02 Å². The summed E-state index contributed by atoms with van der Waals surface area (Å²) in [5.74, 6) is 0.359. The predicted octanol–water partition coefficient (Wildman–Crippen LogP) is 3.38. The molecule has 0 fully saturated rings. The van der Waals surface area contributed by atoms with Crippen LogP contribution < -0.4 is 10.1 Å². The monoisotopic (exact) mass is 360 g/mol. The van der Waals surface area contributed by atoms with E-state index < -0.39 is 0 Å². The van der Waals surface area contributed by atoms with E-state index in [9.17, 15) is 9.59 Å². The lowest BCUT2D eigenvalue weighted by molar-refractivity contribution is -0.132. The van der Waals surface area contributed by atoms with Gasteiger partial charge >= 0.3 is 0 Å². The van der Waals surface area contributed by atoms with Gasteiger partial charge in [0.25, 0.3) is 0 Å². The maximum atomic E-state index is 12.2. The Morgan fingerprint density at radius 1 is 1.16 bits per heavy atom. The summed E-state index contributed by atoms with van der Waals surface area (Å²) in [5.41, 5.74) is 1.65. The molecule has 0 saturated heterocycles. The largest absolute Gasteiger partial charge is 0.497 e. The lowest BCUT2D eigenvalue weighted by Crippen LogP contribution is -2.38. The van der Waals surface area contributed by atoms with Crippen LogP contribution in [0.25, 0.3) is 0 Å². The second-order valence-electron chi connectivity index (χ2n) is 5.60. The van der Waals surface area contributed by atoms with Crippen LogP contribution in [-0.4, -0.2) is 36.9 Å². The highest BCUT2D eigenvalue weighted by Crippen LogP contribution is 2.15. The third-order valence-electron chi connectivity index (χ3n) is 3.69. The van der Waals surface area contributed by atoms with Crippen LogP contribution in [0, 0.1) is 0 Å². The van der Waals surface area contributed by atoms with E-state index in [1.165, 1.54) is 11.8 Å². The maximum Gasteiger partial charge on any atom is 0.243 e. The number of nitrogens with zero attached hydrogens (tertiary/aromatic N) is 1. The van der Waals surface area contributed by atoms with E-state index in [1.54, 1.807) is 31.4 Å². The minimum Gasteiger partial charge on any atom is -0.497 e. The van der Waals surface area contributed by atoms with E-state index in [-0.39, 0.29) is 18.4 Å². The molecule has 0 atom stereocenters. The number of hydrogen-bond acceptors (Lipinski definition) is 3. The molecule has 0 aliphatic heterocycles. The minimum atomic E-state index is -0.261. The van der Waals surface area contributed by atoms with Crippen LogP contribution in [0.15, 0.2) is 48.5 Å². The van der Waals surface area contributed by atoms with Crippen molar-refractivity contribution in [3.8, 4) is 5.75 Å². The summed E-state index contributed by atoms with van der Waals surface area (Å²) in [6, 6.07) is 14.5. The lowest BCUT2D eigenvalue weighted by atomic mass is 10.1. The molecule has 1 N–H and O–H groups in total. The summed E-state index contributed by atoms with van der Waals surface area (Å²) < 4.78 is 5.19. The first-order valence-corrected chi connectivity index (χ1v) is 8.29. The number of amides is 2. The Morgan fingerprint density at radius 2 is 1.92 bits per heavy atom. The Morgan fingerprint density at radius 3 is 2.60 bits per heavy atom. The van der Waals surface area contributed by atoms with Crippen molar-refractivity contribution in [3.63, 3.8) is 0 Å². The third kappa shape index (κ3) is 6.12. The highest BCUT2D eigenvalue weighted by molar-refractivity contribution is 6.30. The summed E-state index contributed by atoms with van der Waals surface area (Å²) in [4.78, 5) is 25.5. The number of rotatable bonds is 7. The highest BCUT2D eigenvalue weighted by atomic mass is 35.5. The van der Waals surface area contributed by atoms with E-state index in [4.69, 9.17) is 16.3 Å². The van der Waals surface area contributed by atoms with Crippen LogP contribution in [0.1, 0.15) is 12.5 Å². The SMILES string of the molecule is COc1cccc(CCN(CC(=O)Nc2cccc(Cl)c2)C(C)=O)c1. The predicted molar refractivity (Wildman–Crippen MR) is 99.0 cm³/mol. The second kappa shape index (κ2) is 9.08. The molecule has 2 aromatic rings. The molecule has 2 amide bonds. The minimum absolute atomic E-state index is 0.00812.